The van der Waals surface area contributed by atoms with Crippen LogP contribution in [0.5, 0.6) is 5.75 Å². The van der Waals surface area contributed by atoms with Crippen molar-refractivity contribution >= 4 is 11.4 Å². The Morgan fingerprint density at radius 3 is 2.69 bits per heavy atom. The molecule has 1 heterocycles. The Kier molecular flexibility index (Phi) is 6.21. The summed E-state index contributed by atoms with van der Waals surface area (Å²) < 4.78 is 5.66. The van der Waals surface area contributed by atoms with Crippen molar-refractivity contribution in [3.05, 3.63) is 71.8 Å². The first kappa shape index (κ1) is 18.4. The molecule has 2 atom stereocenters. The highest BCUT2D eigenvalue weighted by atomic mass is 16.5. The van der Waals surface area contributed by atoms with E-state index in [1.54, 1.807) is 18.2 Å². The maximum Gasteiger partial charge on any atom is 0.159 e. The van der Waals surface area contributed by atoms with Crippen LogP contribution in [0, 0.1) is 0 Å². The van der Waals surface area contributed by atoms with Crippen LogP contribution in [-0.2, 0) is 0 Å². The van der Waals surface area contributed by atoms with E-state index in [1.165, 1.54) is 23.0 Å². The topological polar surface area (TPSA) is 51.0 Å². The first-order chi connectivity index (χ1) is 12.6. The Morgan fingerprint density at radius 1 is 1.19 bits per heavy atom. The fraction of sp³-hybridized carbons (Fsp3) is 0.318. The summed E-state index contributed by atoms with van der Waals surface area (Å²) in [7, 11) is 0. The van der Waals surface area contributed by atoms with E-state index >= 15 is 0 Å². The summed E-state index contributed by atoms with van der Waals surface area (Å²) in [6, 6.07) is 17.6. The van der Waals surface area contributed by atoms with Crippen molar-refractivity contribution < 1.29 is 19.5 Å². The summed E-state index contributed by atoms with van der Waals surface area (Å²) in [5.41, 5.74) is 3.30. The van der Waals surface area contributed by atoms with Crippen molar-refractivity contribution in [3.8, 4) is 5.75 Å². The summed E-state index contributed by atoms with van der Waals surface area (Å²) in [6.07, 6.45) is 2.77. The lowest BCUT2D eigenvalue weighted by molar-refractivity contribution is -0.898. The molecule has 0 bridgehead atoms. The average molecular weight is 352 g/mol. The van der Waals surface area contributed by atoms with Crippen molar-refractivity contribution in [1.82, 2.24) is 0 Å². The number of nitrogens with one attached hydrogen (secondary N) is 1. The molecular weight excluding hydrogens is 326 g/mol. The summed E-state index contributed by atoms with van der Waals surface area (Å²) in [5.74, 6) is 0.631. The first-order valence-corrected chi connectivity index (χ1v) is 9.11. The lowest BCUT2D eigenvalue weighted by Gasteiger charge is -2.25. The summed E-state index contributed by atoms with van der Waals surface area (Å²) >= 11 is 0. The molecule has 1 unspecified atom stereocenters. The monoisotopic (exact) mass is 352 g/mol. The van der Waals surface area contributed by atoms with E-state index in [9.17, 15) is 9.90 Å². The number of ether oxygens (including phenoxy) is 1. The molecule has 1 aliphatic heterocycles. The van der Waals surface area contributed by atoms with E-state index in [-0.39, 0.29) is 12.4 Å². The number of hydrogen-bond donors (Lipinski definition) is 2. The zero-order valence-corrected chi connectivity index (χ0v) is 15.2. The van der Waals surface area contributed by atoms with Crippen molar-refractivity contribution in [2.75, 3.05) is 26.2 Å². The van der Waals surface area contributed by atoms with E-state index in [4.69, 9.17) is 4.74 Å². The number of carbonyl (C=O) groups is 1. The van der Waals surface area contributed by atoms with Crippen molar-refractivity contribution in [2.24, 2.45) is 0 Å². The SMILES string of the molecule is CC(=O)c1cccc(OC[C@@H](O)C[NH+]2CC=C(c3ccccc3)CC2)c1. The molecule has 0 fully saturated rings. The maximum absolute atomic E-state index is 11.4. The second kappa shape index (κ2) is 8.79. The van der Waals surface area contributed by atoms with Crippen molar-refractivity contribution in [1.29, 1.82) is 0 Å². The van der Waals surface area contributed by atoms with Gasteiger partial charge in [-0.1, -0.05) is 42.5 Å². The maximum atomic E-state index is 11.4. The Labute approximate surface area is 154 Å². The third-order valence-electron chi connectivity index (χ3n) is 4.74. The Morgan fingerprint density at radius 2 is 2.00 bits per heavy atom. The largest absolute Gasteiger partial charge is 0.491 e. The van der Waals surface area contributed by atoms with Gasteiger partial charge in [0.25, 0.3) is 0 Å². The quantitative estimate of drug-likeness (QED) is 0.750. The fourth-order valence-corrected chi connectivity index (χ4v) is 3.27. The predicted molar refractivity (Wildman–Crippen MR) is 103 cm³/mol. The van der Waals surface area contributed by atoms with Gasteiger partial charge in [-0.2, -0.15) is 0 Å². The number of carbonyl (C=O) groups excluding carboxylic acids is 1. The first-order valence-electron chi connectivity index (χ1n) is 9.11. The molecule has 4 heteroatoms. The highest BCUT2D eigenvalue weighted by Crippen LogP contribution is 2.18. The molecule has 0 spiro atoms. The van der Waals surface area contributed by atoms with Crippen LogP contribution in [0.25, 0.3) is 5.57 Å². The molecule has 2 aromatic carbocycles. The van der Waals surface area contributed by atoms with Gasteiger partial charge in [0.15, 0.2) is 5.78 Å². The van der Waals surface area contributed by atoms with Gasteiger partial charge in [0.05, 0.1) is 13.1 Å². The van der Waals surface area contributed by atoms with Crippen molar-refractivity contribution in [2.45, 2.75) is 19.4 Å². The van der Waals surface area contributed by atoms with E-state index in [0.717, 1.165) is 19.5 Å². The summed E-state index contributed by atoms with van der Waals surface area (Å²) in [6.45, 7) is 4.36. The molecule has 0 amide bonds. The molecule has 0 aliphatic carbocycles. The molecule has 0 saturated heterocycles. The van der Waals surface area contributed by atoms with Crippen LogP contribution in [0.1, 0.15) is 29.3 Å². The van der Waals surface area contributed by atoms with E-state index in [0.29, 0.717) is 17.9 Å². The zero-order valence-electron chi connectivity index (χ0n) is 15.2. The molecule has 2 N–H and O–H groups in total. The zero-order chi connectivity index (χ0) is 18.4. The molecule has 1 aliphatic rings. The van der Waals surface area contributed by atoms with Gasteiger partial charge in [0, 0.05) is 12.0 Å². The smallest absolute Gasteiger partial charge is 0.159 e. The van der Waals surface area contributed by atoms with Crippen LogP contribution in [0.15, 0.2) is 60.7 Å². The van der Waals surface area contributed by atoms with Gasteiger partial charge in [0.1, 0.15) is 25.0 Å². The molecule has 3 rings (SSSR count). The Balaban J connectivity index is 1.47. The number of aliphatic hydroxyl groups is 1. The number of aliphatic hydroxyl groups excluding tert-OH is 1. The minimum atomic E-state index is -0.530. The summed E-state index contributed by atoms with van der Waals surface area (Å²) in [4.78, 5) is 12.8. The van der Waals surface area contributed by atoms with Crippen molar-refractivity contribution in [3.63, 3.8) is 0 Å². The van der Waals surface area contributed by atoms with Gasteiger partial charge in [-0.3, -0.25) is 4.79 Å². The lowest BCUT2D eigenvalue weighted by atomic mass is 9.99. The third kappa shape index (κ3) is 5.04. The number of rotatable bonds is 7. The Bertz CT molecular complexity index is 770. The second-order valence-corrected chi connectivity index (χ2v) is 6.80. The minimum absolute atomic E-state index is 0.00904. The number of benzene rings is 2. The van der Waals surface area contributed by atoms with Gasteiger partial charge < -0.3 is 14.7 Å². The number of Topliss-reactive ketones (excluding diaryl/α,β-unsaturated/α-hetero) is 1. The number of quaternary nitrogens is 1. The van der Waals surface area contributed by atoms with Crippen LogP contribution in [-0.4, -0.2) is 43.2 Å². The molecule has 0 aromatic heterocycles. The molecule has 136 valence electrons. The van der Waals surface area contributed by atoms with Crippen LogP contribution < -0.4 is 9.64 Å². The molecule has 26 heavy (non-hydrogen) atoms. The molecule has 2 aromatic rings. The van der Waals surface area contributed by atoms with E-state index in [1.807, 2.05) is 12.1 Å². The number of hydrogen-bond acceptors (Lipinski definition) is 3. The second-order valence-electron chi connectivity index (χ2n) is 6.80. The van der Waals surface area contributed by atoms with Gasteiger partial charge in [-0.05, 0) is 36.3 Å². The highest BCUT2D eigenvalue weighted by molar-refractivity contribution is 5.94. The molecule has 0 radical (unpaired) electrons. The van der Waals surface area contributed by atoms with Crippen LogP contribution in [0.2, 0.25) is 0 Å². The summed E-state index contributed by atoms with van der Waals surface area (Å²) in [5, 5.41) is 10.3. The van der Waals surface area contributed by atoms with Crippen LogP contribution >= 0.6 is 0 Å². The Hall–Kier alpha value is -2.43. The van der Waals surface area contributed by atoms with E-state index < -0.39 is 6.10 Å². The van der Waals surface area contributed by atoms with Gasteiger partial charge in [0.2, 0.25) is 0 Å². The molecule has 0 saturated carbocycles. The van der Waals surface area contributed by atoms with Gasteiger partial charge in [-0.25, -0.2) is 0 Å². The van der Waals surface area contributed by atoms with Crippen LogP contribution in [0.3, 0.4) is 0 Å². The minimum Gasteiger partial charge on any atom is -0.491 e. The van der Waals surface area contributed by atoms with Gasteiger partial charge >= 0.3 is 0 Å². The number of ketones is 1. The average Bonchev–Trinajstić information content (AvgIpc) is 2.68. The lowest BCUT2D eigenvalue weighted by Crippen LogP contribution is -3.13. The predicted octanol–water partition coefficient (Wildman–Crippen LogP) is 2.00. The fourth-order valence-electron chi connectivity index (χ4n) is 3.27. The highest BCUT2D eigenvalue weighted by Gasteiger charge is 2.19. The third-order valence-corrected chi connectivity index (χ3v) is 4.74. The molecular formula is C22H26NO3+. The van der Waals surface area contributed by atoms with Crippen LogP contribution in [0.4, 0.5) is 0 Å². The molecule has 4 nitrogen and oxygen atoms in total. The standard InChI is InChI=1S/C22H25NO3/c1-17(24)20-8-5-9-22(14-20)26-16-21(25)15-23-12-10-19(11-13-23)18-6-3-2-4-7-18/h2-10,14,21,25H,11-13,15-16H2,1H3/p+1/t21-/m0/s1. The van der Waals surface area contributed by atoms with Gasteiger partial charge in [-0.15, -0.1) is 0 Å². The normalized spacial score (nSPS) is 18.1. The van der Waals surface area contributed by atoms with E-state index in [2.05, 4.69) is 30.3 Å².